The monoisotopic (exact) mass is 256 g/mol. The molecule has 1 atom stereocenters. The Morgan fingerprint density at radius 3 is 2.78 bits per heavy atom. The molecule has 0 fully saturated rings. The largest absolute Gasteiger partial charge is 0.480 e. The quantitative estimate of drug-likeness (QED) is 0.807. The van der Waals surface area contributed by atoms with E-state index < -0.39 is 17.9 Å². The molecule has 7 heteroatoms. The lowest BCUT2D eigenvalue weighted by molar-refractivity contribution is -0.142. The molecular weight excluding hydrogens is 240 g/mol. The van der Waals surface area contributed by atoms with Gasteiger partial charge in [0.25, 0.3) is 5.91 Å². The van der Waals surface area contributed by atoms with Crippen molar-refractivity contribution in [2.24, 2.45) is 0 Å². The lowest BCUT2D eigenvalue weighted by atomic mass is 10.2. The Hall–Kier alpha value is -1.89. The third-order valence-electron chi connectivity index (χ3n) is 2.52. The molecule has 1 aromatic rings. The Bertz CT molecular complexity index is 429. The number of methoxy groups -OCH3 is 1. The number of hydrogen-bond donors (Lipinski definition) is 1. The van der Waals surface area contributed by atoms with E-state index in [2.05, 4.69) is 5.16 Å². The zero-order valence-electron chi connectivity index (χ0n) is 10.5. The summed E-state index contributed by atoms with van der Waals surface area (Å²) in [5.41, 5.74) is 0.0734. The second kappa shape index (κ2) is 6.15. The van der Waals surface area contributed by atoms with Crippen LogP contribution in [0.15, 0.2) is 10.6 Å². The summed E-state index contributed by atoms with van der Waals surface area (Å²) in [6, 6.07) is 0.566. The fourth-order valence-electron chi connectivity index (χ4n) is 1.56. The molecule has 0 spiro atoms. The molecule has 100 valence electrons. The minimum atomic E-state index is -1.05. The van der Waals surface area contributed by atoms with Gasteiger partial charge in [-0.25, -0.2) is 4.79 Å². The van der Waals surface area contributed by atoms with Gasteiger partial charge in [0.05, 0.1) is 0 Å². The fourth-order valence-corrected chi connectivity index (χ4v) is 1.56. The zero-order chi connectivity index (χ0) is 13.7. The molecule has 0 aromatic carbocycles. The van der Waals surface area contributed by atoms with Crippen LogP contribution < -0.4 is 0 Å². The van der Waals surface area contributed by atoms with E-state index in [1.807, 2.05) is 0 Å². The van der Waals surface area contributed by atoms with Crippen LogP contribution in [0.5, 0.6) is 0 Å². The van der Waals surface area contributed by atoms with Crippen molar-refractivity contribution in [3.8, 4) is 0 Å². The molecule has 7 nitrogen and oxygen atoms in total. The molecule has 1 amide bonds. The minimum Gasteiger partial charge on any atom is -0.480 e. The molecule has 1 heterocycles. The van der Waals surface area contributed by atoms with Gasteiger partial charge in [-0.2, -0.15) is 0 Å². The first-order chi connectivity index (χ1) is 8.51. The summed E-state index contributed by atoms with van der Waals surface area (Å²) < 4.78 is 9.72. The van der Waals surface area contributed by atoms with Crippen LogP contribution in [0.3, 0.4) is 0 Å². The SMILES string of the molecule is CCC(C(=O)O)N(C)C(=O)c1cc(COC)on1. The van der Waals surface area contributed by atoms with Crippen molar-refractivity contribution in [2.45, 2.75) is 26.0 Å². The van der Waals surface area contributed by atoms with Crippen molar-refractivity contribution in [1.29, 1.82) is 0 Å². The van der Waals surface area contributed by atoms with E-state index >= 15 is 0 Å². The first kappa shape index (κ1) is 14.2. The highest BCUT2D eigenvalue weighted by Gasteiger charge is 2.27. The van der Waals surface area contributed by atoms with E-state index in [0.717, 1.165) is 4.90 Å². The van der Waals surface area contributed by atoms with Gasteiger partial charge in [0.1, 0.15) is 12.6 Å². The predicted molar refractivity (Wildman–Crippen MR) is 61.0 cm³/mol. The fraction of sp³-hybridized carbons (Fsp3) is 0.545. The highest BCUT2D eigenvalue weighted by atomic mass is 16.5. The molecule has 0 aliphatic rings. The Balaban J connectivity index is 2.81. The summed E-state index contributed by atoms with van der Waals surface area (Å²) in [4.78, 5) is 24.1. The van der Waals surface area contributed by atoms with Gasteiger partial charge >= 0.3 is 5.97 Å². The molecule has 1 N–H and O–H groups in total. The second-order valence-electron chi connectivity index (χ2n) is 3.79. The van der Waals surface area contributed by atoms with Gasteiger partial charge in [-0.1, -0.05) is 12.1 Å². The summed E-state index contributed by atoms with van der Waals surface area (Å²) in [5.74, 6) is -1.12. The van der Waals surface area contributed by atoms with E-state index in [1.54, 1.807) is 6.92 Å². The lowest BCUT2D eigenvalue weighted by Gasteiger charge is -2.22. The van der Waals surface area contributed by atoms with E-state index in [4.69, 9.17) is 14.4 Å². The van der Waals surface area contributed by atoms with Crippen LogP contribution in [0.4, 0.5) is 0 Å². The number of aromatic nitrogens is 1. The van der Waals surface area contributed by atoms with Crippen LogP contribution in [0.1, 0.15) is 29.6 Å². The number of nitrogens with zero attached hydrogens (tertiary/aromatic N) is 2. The summed E-state index contributed by atoms with van der Waals surface area (Å²) in [6.07, 6.45) is 0.320. The lowest BCUT2D eigenvalue weighted by Crippen LogP contribution is -2.42. The molecule has 0 bridgehead atoms. The molecule has 0 aliphatic carbocycles. The van der Waals surface area contributed by atoms with Crippen molar-refractivity contribution in [3.05, 3.63) is 17.5 Å². The number of carboxylic acids is 1. The van der Waals surface area contributed by atoms with E-state index in [1.165, 1.54) is 20.2 Å². The molecule has 1 rings (SSSR count). The molecule has 0 aliphatic heterocycles. The van der Waals surface area contributed by atoms with Crippen molar-refractivity contribution >= 4 is 11.9 Å². The van der Waals surface area contributed by atoms with Gasteiger partial charge in [0.2, 0.25) is 0 Å². The van der Waals surface area contributed by atoms with E-state index in [-0.39, 0.29) is 12.3 Å². The maximum Gasteiger partial charge on any atom is 0.326 e. The summed E-state index contributed by atoms with van der Waals surface area (Å²) >= 11 is 0. The third-order valence-corrected chi connectivity index (χ3v) is 2.52. The molecule has 1 unspecified atom stereocenters. The molecule has 0 saturated heterocycles. The molecule has 0 saturated carbocycles. The number of hydrogen-bond acceptors (Lipinski definition) is 5. The maximum atomic E-state index is 12.0. The molecule has 18 heavy (non-hydrogen) atoms. The predicted octanol–water partition coefficient (Wildman–Crippen LogP) is 0.756. The van der Waals surface area contributed by atoms with Crippen LogP contribution >= 0.6 is 0 Å². The highest BCUT2D eigenvalue weighted by Crippen LogP contribution is 2.11. The topological polar surface area (TPSA) is 92.9 Å². The summed E-state index contributed by atoms with van der Waals surface area (Å²) in [6.45, 7) is 1.90. The second-order valence-corrected chi connectivity index (χ2v) is 3.79. The molecular formula is C11H16N2O5. The number of carbonyl (C=O) groups excluding carboxylic acids is 1. The minimum absolute atomic E-state index is 0.0734. The molecule has 0 radical (unpaired) electrons. The number of ether oxygens (including phenoxy) is 1. The number of amides is 1. The van der Waals surface area contributed by atoms with Crippen LogP contribution in [0, 0.1) is 0 Å². The number of carbonyl (C=O) groups is 2. The van der Waals surface area contributed by atoms with Crippen LogP contribution in [-0.2, 0) is 16.1 Å². The highest BCUT2D eigenvalue weighted by molar-refractivity contribution is 5.94. The average molecular weight is 256 g/mol. The molecule has 1 aromatic heterocycles. The zero-order valence-corrected chi connectivity index (χ0v) is 10.5. The number of likely N-dealkylation sites (N-methyl/N-ethyl adjacent to an activating group) is 1. The number of carboxylic acid groups (broad SMARTS) is 1. The first-order valence-corrected chi connectivity index (χ1v) is 5.45. The summed E-state index contributed by atoms with van der Waals surface area (Å²) in [5, 5.41) is 12.6. The van der Waals surface area contributed by atoms with Gasteiger partial charge in [0.15, 0.2) is 11.5 Å². The van der Waals surface area contributed by atoms with Gasteiger partial charge < -0.3 is 19.3 Å². The summed E-state index contributed by atoms with van der Waals surface area (Å²) in [7, 11) is 2.92. The van der Waals surface area contributed by atoms with E-state index in [9.17, 15) is 9.59 Å². The van der Waals surface area contributed by atoms with E-state index in [0.29, 0.717) is 12.2 Å². The number of aliphatic carboxylic acids is 1. The number of rotatable bonds is 6. The van der Waals surface area contributed by atoms with Gasteiger partial charge in [0, 0.05) is 20.2 Å². The van der Waals surface area contributed by atoms with Gasteiger partial charge in [-0.3, -0.25) is 4.79 Å². The van der Waals surface area contributed by atoms with Crippen molar-refractivity contribution in [1.82, 2.24) is 10.1 Å². The van der Waals surface area contributed by atoms with Crippen LogP contribution in [0.25, 0.3) is 0 Å². The van der Waals surface area contributed by atoms with Crippen molar-refractivity contribution in [2.75, 3.05) is 14.2 Å². The Morgan fingerprint density at radius 2 is 2.28 bits per heavy atom. The van der Waals surface area contributed by atoms with Crippen LogP contribution in [0.2, 0.25) is 0 Å². The third kappa shape index (κ3) is 3.07. The normalized spacial score (nSPS) is 12.2. The van der Waals surface area contributed by atoms with Gasteiger partial charge in [-0.05, 0) is 6.42 Å². The van der Waals surface area contributed by atoms with Gasteiger partial charge in [-0.15, -0.1) is 0 Å². The van der Waals surface area contributed by atoms with Crippen molar-refractivity contribution in [3.63, 3.8) is 0 Å². The average Bonchev–Trinajstić information content (AvgIpc) is 2.77. The Labute approximate surface area is 104 Å². The maximum absolute atomic E-state index is 12.0. The Kier molecular flexibility index (Phi) is 4.85. The van der Waals surface area contributed by atoms with Crippen LogP contribution in [-0.4, -0.2) is 47.2 Å². The van der Waals surface area contributed by atoms with Crippen molar-refractivity contribution < 1.29 is 24.0 Å². The Morgan fingerprint density at radius 1 is 1.61 bits per heavy atom. The standard InChI is InChI=1S/C11H16N2O5/c1-4-9(11(15)16)13(2)10(14)8-5-7(6-17-3)18-12-8/h5,9H,4,6H2,1-3H3,(H,15,16). The first-order valence-electron chi connectivity index (χ1n) is 5.45. The smallest absolute Gasteiger partial charge is 0.326 e.